The van der Waals surface area contributed by atoms with Crippen molar-refractivity contribution in [3.63, 3.8) is 0 Å². The first-order valence-corrected chi connectivity index (χ1v) is 5.73. The largest absolute Gasteiger partial charge is 0.435 e. The number of nitrogen functional groups attached to an aromatic ring is 1. The van der Waals surface area contributed by atoms with Gasteiger partial charge in [0.1, 0.15) is 17.2 Å². The van der Waals surface area contributed by atoms with Crippen molar-refractivity contribution in [1.82, 2.24) is 4.98 Å². The predicted octanol–water partition coefficient (Wildman–Crippen LogP) is 4.01. The van der Waals surface area contributed by atoms with Gasteiger partial charge in [-0.15, -0.1) is 0 Å². The molecular formula is C13H7ClF2N2O. The second-order valence-electron chi connectivity index (χ2n) is 3.99. The molecule has 0 atom stereocenters. The number of fused-ring (bicyclic) bond motifs is 1. The van der Waals surface area contributed by atoms with Gasteiger partial charge in [0, 0.05) is 11.6 Å². The van der Waals surface area contributed by atoms with Gasteiger partial charge in [-0.3, -0.25) is 0 Å². The quantitative estimate of drug-likeness (QED) is 0.685. The van der Waals surface area contributed by atoms with Crippen LogP contribution in [-0.4, -0.2) is 4.98 Å². The van der Waals surface area contributed by atoms with Crippen molar-refractivity contribution < 1.29 is 13.2 Å². The molecule has 1 heterocycles. The Balaban J connectivity index is 2.20. The van der Waals surface area contributed by atoms with E-state index in [0.29, 0.717) is 11.1 Å². The summed E-state index contributed by atoms with van der Waals surface area (Å²) >= 11 is 5.86. The second kappa shape index (κ2) is 4.20. The Morgan fingerprint density at radius 2 is 1.95 bits per heavy atom. The highest BCUT2D eigenvalue weighted by Gasteiger charge is 2.13. The summed E-state index contributed by atoms with van der Waals surface area (Å²) in [5, 5.41) is 0.129. The summed E-state index contributed by atoms with van der Waals surface area (Å²) in [6.07, 6.45) is 0. The molecule has 19 heavy (non-hydrogen) atoms. The Hall–Kier alpha value is -2.14. The van der Waals surface area contributed by atoms with Crippen LogP contribution < -0.4 is 5.73 Å². The van der Waals surface area contributed by atoms with E-state index in [1.165, 1.54) is 24.3 Å². The van der Waals surface area contributed by atoms with Crippen molar-refractivity contribution in [2.45, 2.75) is 0 Å². The normalized spacial score (nSPS) is 11.1. The molecule has 1 aromatic heterocycles. The van der Waals surface area contributed by atoms with Crippen LogP contribution in [0.1, 0.15) is 0 Å². The Kier molecular flexibility index (Phi) is 2.64. The third kappa shape index (κ3) is 2.02. The Bertz CT molecular complexity index is 786. The lowest BCUT2D eigenvalue weighted by Gasteiger charge is -1.98. The van der Waals surface area contributed by atoms with E-state index in [9.17, 15) is 8.78 Å². The number of benzene rings is 2. The van der Waals surface area contributed by atoms with Gasteiger partial charge in [0.25, 0.3) is 0 Å². The van der Waals surface area contributed by atoms with Crippen LogP contribution in [0.2, 0.25) is 5.02 Å². The van der Waals surface area contributed by atoms with Gasteiger partial charge < -0.3 is 10.2 Å². The zero-order valence-corrected chi connectivity index (χ0v) is 10.2. The summed E-state index contributed by atoms with van der Waals surface area (Å²) in [5.74, 6) is -0.825. The molecule has 0 saturated heterocycles. The summed E-state index contributed by atoms with van der Waals surface area (Å²) in [4.78, 5) is 4.11. The number of hydrogen-bond donors (Lipinski definition) is 1. The molecule has 0 fully saturated rings. The van der Waals surface area contributed by atoms with Gasteiger partial charge in [-0.2, -0.15) is 0 Å². The van der Waals surface area contributed by atoms with E-state index in [2.05, 4.69) is 4.98 Å². The lowest BCUT2D eigenvalue weighted by Crippen LogP contribution is -1.90. The van der Waals surface area contributed by atoms with E-state index < -0.39 is 11.6 Å². The number of aromatic nitrogens is 1. The van der Waals surface area contributed by atoms with Crippen molar-refractivity contribution in [3.05, 3.63) is 47.0 Å². The van der Waals surface area contributed by atoms with Gasteiger partial charge in [0.15, 0.2) is 5.58 Å². The van der Waals surface area contributed by atoms with Crippen molar-refractivity contribution >= 4 is 28.4 Å². The second-order valence-corrected chi connectivity index (χ2v) is 4.40. The van der Waals surface area contributed by atoms with E-state index in [1.54, 1.807) is 0 Å². The topological polar surface area (TPSA) is 52.0 Å². The number of nitrogens with two attached hydrogens (primary N) is 1. The fraction of sp³-hybridized carbons (Fsp3) is 0. The van der Waals surface area contributed by atoms with Crippen molar-refractivity contribution in [2.75, 3.05) is 5.73 Å². The lowest BCUT2D eigenvalue weighted by molar-refractivity contribution is 0.612. The van der Waals surface area contributed by atoms with E-state index in [1.807, 2.05) is 0 Å². The maximum atomic E-state index is 13.2. The number of nitrogens with zero attached hydrogens (tertiary/aromatic N) is 1. The molecule has 3 rings (SSSR count). The van der Waals surface area contributed by atoms with Crippen LogP contribution in [0.25, 0.3) is 22.6 Å². The average molecular weight is 281 g/mol. The highest BCUT2D eigenvalue weighted by molar-refractivity contribution is 6.34. The SMILES string of the molecule is Nc1cc(-c2nc3cc(F)cc(Cl)c3o2)ccc1F. The van der Waals surface area contributed by atoms with Gasteiger partial charge in [-0.1, -0.05) is 11.6 Å². The first kappa shape index (κ1) is 11.9. The molecular weight excluding hydrogens is 274 g/mol. The van der Waals surface area contributed by atoms with E-state index in [4.69, 9.17) is 21.8 Å². The van der Waals surface area contributed by atoms with Crippen LogP contribution in [0, 0.1) is 11.6 Å². The van der Waals surface area contributed by atoms with Gasteiger partial charge >= 0.3 is 0 Å². The van der Waals surface area contributed by atoms with Crippen molar-refractivity contribution in [2.24, 2.45) is 0 Å². The van der Waals surface area contributed by atoms with Gasteiger partial charge in [0.05, 0.1) is 10.7 Å². The highest BCUT2D eigenvalue weighted by atomic mass is 35.5. The maximum absolute atomic E-state index is 13.2. The van der Waals surface area contributed by atoms with Crippen LogP contribution in [0.3, 0.4) is 0 Å². The third-order valence-electron chi connectivity index (χ3n) is 2.65. The first-order chi connectivity index (χ1) is 9.04. The van der Waals surface area contributed by atoms with Crippen LogP contribution in [0.15, 0.2) is 34.7 Å². The number of halogens is 3. The van der Waals surface area contributed by atoms with Crippen LogP contribution in [-0.2, 0) is 0 Å². The maximum Gasteiger partial charge on any atom is 0.227 e. The van der Waals surface area contributed by atoms with Gasteiger partial charge in [-0.25, -0.2) is 13.8 Å². The van der Waals surface area contributed by atoms with Gasteiger partial charge in [0.2, 0.25) is 5.89 Å². The summed E-state index contributed by atoms with van der Waals surface area (Å²) in [7, 11) is 0. The van der Waals surface area contributed by atoms with E-state index >= 15 is 0 Å². The summed E-state index contributed by atoms with van der Waals surface area (Å²) in [6, 6.07) is 6.42. The average Bonchev–Trinajstić information content (AvgIpc) is 2.76. The van der Waals surface area contributed by atoms with Crippen LogP contribution >= 0.6 is 11.6 Å². The molecule has 0 saturated carbocycles. The molecule has 6 heteroatoms. The Labute approximate surface area is 111 Å². The number of anilines is 1. The third-order valence-corrected chi connectivity index (χ3v) is 2.93. The smallest absolute Gasteiger partial charge is 0.227 e. The van der Waals surface area contributed by atoms with Crippen LogP contribution in [0.4, 0.5) is 14.5 Å². The molecule has 0 bridgehead atoms. The standard InChI is InChI=1S/C13H7ClF2N2O/c14-8-4-7(15)5-11-12(8)19-13(18-11)6-1-2-9(16)10(17)3-6/h1-5H,17H2. The lowest BCUT2D eigenvalue weighted by atomic mass is 10.2. The molecule has 3 nitrogen and oxygen atoms in total. The molecule has 0 aliphatic heterocycles. The fourth-order valence-electron chi connectivity index (χ4n) is 1.76. The van der Waals surface area contributed by atoms with Crippen molar-refractivity contribution in [1.29, 1.82) is 0 Å². The highest BCUT2D eigenvalue weighted by Crippen LogP contribution is 2.31. The summed E-state index contributed by atoms with van der Waals surface area (Å²) in [5.41, 5.74) is 6.52. The van der Waals surface area contributed by atoms with E-state index in [0.717, 1.165) is 6.07 Å². The molecule has 2 aromatic carbocycles. The molecule has 0 amide bonds. The molecule has 2 N–H and O–H groups in total. The number of oxazole rings is 1. The molecule has 0 aliphatic carbocycles. The Morgan fingerprint density at radius 1 is 1.16 bits per heavy atom. The summed E-state index contributed by atoms with van der Waals surface area (Å²) in [6.45, 7) is 0. The number of hydrogen-bond acceptors (Lipinski definition) is 3. The number of rotatable bonds is 1. The first-order valence-electron chi connectivity index (χ1n) is 5.35. The zero-order chi connectivity index (χ0) is 13.6. The Morgan fingerprint density at radius 3 is 2.68 bits per heavy atom. The molecule has 0 aliphatic rings. The minimum Gasteiger partial charge on any atom is -0.435 e. The molecule has 0 spiro atoms. The van der Waals surface area contributed by atoms with E-state index in [-0.39, 0.29) is 22.2 Å². The fourth-order valence-corrected chi connectivity index (χ4v) is 2.00. The molecule has 96 valence electrons. The van der Waals surface area contributed by atoms with Crippen LogP contribution in [0.5, 0.6) is 0 Å². The summed E-state index contributed by atoms with van der Waals surface area (Å²) < 4.78 is 31.7. The van der Waals surface area contributed by atoms with Gasteiger partial charge in [-0.05, 0) is 24.3 Å². The minimum atomic E-state index is -0.524. The monoisotopic (exact) mass is 280 g/mol. The molecule has 3 aromatic rings. The minimum absolute atomic E-state index is 0.0166. The predicted molar refractivity (Wildman–Crippen MR) is 68.8 cm³/mol. The molecule has 0 unspecified atom stereocenters. The molecule has 0 radical (unpaired) electrons. The van der Waals surface area contributed by atoms with Crippen molar-refractivity contribution in [3.8, 4) is 11.5 Å². The zero-order valence-electron chi connectivity index (χ0n) is 9.45.